The fourth-order valence-electron chi connectivity index (χ4n) is 2.96. The molecule has 0 atom stereocenters. The molecule has 5 nitrogen and oxygen atoms in total. The van der Waals surface area contributed by atoms with E-state index in [1.54, 1.807) is 42.5 Å². The van der Waals surface area contributed by atoms with Gasteiger partial charge in [-0.1, -0.05) is 52.0 Å². The molecule has 4 aromatic rings. The van der Waals surface area contributed by atoms with Gasteiger partial charge in [-0.15, -0.1) is 0 Å². The summed E-state index contributed by atoms with van der Waals surface area (Å²) in [6.07, 6.45) is 0. The number of halogens is 3. The van der Waals surface area contributed by atoms with Gasteiger partial charge in [0.15, 0.2) is 5.16 Å². The summed E-state index contributed by atoms with van der Waals surface area (Å²) in [6, 6.07) is 18.2. The third-order valence-corrected chi connectivity index (χ3v) is 6.46. The molecule has 31 heavy (non-hydrogen) atoms. The zero-order valence-corrected chi connectivity index (χ0v) is 19.8. The highest BCUT2D eigenvalue weighted by Crippen LogP contribution is 2.27. The van der Waals surface area contributed by atoms with Crippen LogP contribution in [0.2, 0.25) is 0 Å². The van der Waals surface area contributed by atoms with Crippen molar-refractivity contribution in [3.05, 3.63) is 91.8 Å². The zero-order chi connectivity index (χ0) is 22.0. The highest BCUT2D eigenvalue weighted by Gasteiger charge is 2.17. The monoisotopic (exact) mass is 561 g/mol. The van der Waals surface area contributed by atoms with E-state index in [9.17, 15) is 14.0 Å². The number of hydrogen-bond donors (Lipinski definition) is 1. The van der Waals surface area contributed by atoms with Crippen LogP contribution in [0.15, 0.2) is 85.6 Å². The van der Waals surface area contributed by atoms with Gasteiger partial charge >= 0.3 is 0 Å². The molecule has 0 aliphatic heterocycles. The van der Waals surface area contributed by atoms with Gasteiger partial charge in [0, 0.05) is 8.95 Å². The number of anilines is 1. The smallest absolute Gasteiger partial charge is 0.266 e. The van der Waals surface area contributed by atoms with E-state index in [4.69, 9.17) is 0 Å². The van der Waals surface area contributed by atoms with Gasteiger partial charge < -0.3 is 5.32 Å². The molecule has 1 heterocycles. The van der Waals surface area contributed by atoms with E-state index in [1.807, 2.05) is 12.1 Å². The Morgan fingerprint density at radius 1 is 1.06 bits per heavy atom. The largest absolute Gasteiger partial charge is 0.324 e. The third kappa shape index (κ3) is 4.73. The topological polar surface area (TPSA) is 64.0 Å². The van der Waals surface area contributed by atoms with Crippen molar-refractivity contribution in [3.63, 3.8) is 0 Å². The maximum atomic E-state index is 14.5. The van der Waals surface area contributed by atoms with Crippen LogP contribution < -0.4 is 10.9 Å². The first-order valence-electron chi connectivity index (χ1n) is 9.08. The average molecular weight is 563 g/mol. The van der Waals surface area contributed by atoms with Crippen LogP contribution in [0, 0.1) is 5.82 Å². The molecule has 0 aliphatic carbocycles. The second-order valence-electron chi connectivity index (χ2n) is 6.46. The molecule has 0 saturated carbocycles. The number of thioether (sulfide) groups is 1. The Balaban J connectivity index is 1.68. The summed E-state index contributed by atoms with van der Waals surface area (Å²) in [5.74, 6) is -0.843. The van der Waals surface area contributed by atoms with E-state index >= 15 is 0 Å². The number of para-hydroxylation sites is 2. The summed E-state index contributed by atoms with van der Waals surface area (Å²) in [5, 5.41) is 3.42. The van der Waals surface area contributed by atoms with Crippen LogP contribution in [-0.4, -0.2) is 21.2 Å². The van der Waals surface area contributed by atoms with Crippen LogP contribution in [0.3, 0.4) is 0 Å². The van der Waals surface area contributed by atoms with E-state index in [0.717, 1.165) is 20.7 Å². The molecule has 4 rings (SSSR count). The molecule has 0 bridgehead atoms. The summed E-state index contributed by atoms with van der Waals surface area (Å²) in [4.78, 5) is 30.2. The molecule has 156 valence electrons. The molecule has 0 spiro atoms. The summed E-state index contributed by atoms with van der Waals surface area (Å²) >= 11 is 7.84. The zero-order valence-electron chi connectivity index (χ0n) is 15.8. The number of amides is 1. The van der Waals surface area contributed by atoms with Crippen molar-refractivity contribution in [2.75, 3.05) is 11.1 Å². The van der Waals surface area contributed by atoms with Crippen LogP contribution in [0.25, 0.3) is 16.6 Å². The van der Waals surface area contributed by atoms with Gasteiger partial charge in [0.25, 0.3) is 5.56 Å². The Morgan fingerprint density at radius 3 is 2.58 bits per heavy atom. The van der Waals surface area contributed by atoms with Crippen LogP contribution in [-0.2, 0) is 4.79 Å². The number of nitrogens with one attached hydrogen (secondary N) is 1. The first kappa shape index (κ1) is 21.7. The second-order valence-corrected chi connectivity index (χ2v) is 9.18. The molecular formula is C22H14Br2FN3O2S. The average Bonchev–Trinajstić information content (AvgIpc) is 2.75. The lowest BCUT2D eigenvalue weighted by atomic mass is 10.2. The SMILES string of the molecule is O=C(CSc1nc2ccccc2c(=O)n1-c1ccccc1F)Nc1ccc(Br)cc1Br. The van der Waals surface area contributed by atoms with E-state index in [-0.39, 0.29) is 22.5 Å². The van der Waals surface area contributed by atoms with Gasteiger partial charge in [-0.25, -0.2) is 9.37 Å². The van der Waals surface area contributed by atoms with E-state index < -0.39 is 11.4 Å². The summed E-state index contributed by atoms with van der Waals surface area (Å²) in [7, 11) is 0. The number of aromatic nitrogens is 2. The van der Waals surface area contributed by atoms with Crippen molar-refractivity contribution in [3.8, 4) is 5.69 Å². The van der Waals surface area contributed by atoms with Gasteiger partial charge in [-0.2, -0.15) is 0 Å². The Hall–Kier alpha value is -2.49. The number of rotatable bonds is 5. The van der Waals surface area contributed by atoms with Crippen LogP contribution >= 0.6 is 43.6 Å². The fourth-order valence-corrected chi connectivity index (χ4v) is 4.91. The van der Waals surface area contributed by atoms with Gasteiger partial charge in [-0.3, -0.25) is 14.2 Å². The van der Waals surface area contributed by atoms with Crippen molar-refractivity contribution in [1.29, 1.82) is 0 Å². The number of carbonyl (C=O) groups excluding carboxylic acids is 1. The van der Waals surface area contributed by atoms with E-state index in [0.29, 0.717) is 16.6 Å². The molecule has 0 unspecified atom stereocenters. The summed E-state index contributed by atoms with van der Waals surface area (Å²) in [6.45, 7) is 0. The molecule has 0 fully saturated rings. The van der Waals surface area contributed by atoms with Gasteiger partial charge in [-0.05, 0) is 58.4 Å². The predicted molar refractivity (Wildman–Crippen MR) is 128 cm³/mol. The Bertz CT molecular complexity index is 1360. The molecule has 1 aromatic heterocycles. The lowest BCUT2D eigenvalue weighted by Gasteiger charge is -2.14. The predicted octanol–water partition coefficient (Wildman–Crippen LogP) is 5.78. The standard InChI is InChI=1S/C22H14Br2FN3O2S/c23-13-9-10-18(15(24)11-13)26-20(29)12-31-22-27-17-7-3-1-5-14(17)21(30)28(22)19-8-4-2-6-16(19)25/h1-11H,12H2,(H,26,29). The molecule has 0 saturated heterocycles. The Morgan fingerprint density at radius 2 is 1.81 bits per heavy atom. The van der Waals surface area contributed by atoms with Gasteiger partial charge in [0.05, 0.1) is 28.0 Å². The molecule has 0 aliphatic rings. The lowest BCUT2D eigenvalue weighted by molar-refractivity contribution is -0.113. The number of hydrogen-bond acceptors (Lipinski definition) is 4. The maximum absolute atomic E-state index is 14.5. The number of fused-ring (bicyclic) bond motifs is 1. The van der Waals surface area contributed by atoms with Crippen molar-refractivity contribution in [2.24, 2.45) is 0 Å². The number of benzene rings is 3. The van der Waals surface area contributed by atoms with Crippen LogP contribution in [0.1, 0.15) is 0 Å². The lowest BCUT2D eigenvalue weighted by Crippen LogP contribution is -2.23. The molecule has 1 amide bonds. The number of carbonyl (C=O) groups is 1. The van der Waals surface area contributed by atoms with Crippen LogP contribution in [0.5, 0.6) is 0 Å². The van der Waals surface area contributed by atoms with Gasteiger partial charge in [0.1, 0.15) is 5.82 Å². The van der Waals surface area contributed by atoms with Crippen molar-refractivity contribution < 1.29 is 9.18 Å². The molecule has 3 aromatic carbocycles. The van der Waals surface area contributed by atoms with E-state index in [1.165, 1.54) is 16.7 Å². The Kier molecular flexibility index (Phi) is 6.54. The summed E-state index contributed by atoms with van der Waals surface area (Å²) in [5.41, 5.74) is 0.795. The number of nitrogens with zero attached hydrogens (tertiary/aromatic N) is 2. The minimum atomic E-state index is -0.549. The molecule has 0 radical (unpaired) electrons. The van der Waals surface area contributed by atoms with Gasteiger partial charge in [0.2, 0.25) is 5.91 Å². The Labute approximate surface area is 198 Å². The second kappa shape index (κ2) is 9.33. The first-order valence-corrected chi connectivity index (χ1v) is 11.7. The van der Waals surface area contributed by atoms with Crippen molar-refractivity contribution >= 4 is 66.1 Å². The van der Waals surface area contributed by atoms with Crippen molar-refractivity contribution in [1.82, 2.24) is 9.55 Å². The first-order chi connectivity index (χ1) is 14.9. The molecule has 9 heteroatoms. The highest BCUT2D eigenvalue weighted by atomic mass is 79.9. The maximum Gasteiger partial charge on any atom is 0.266 e. The highest BCUT2D eigenvalue weighted by molar-refractivity contribution is 9.11. The normalized spacial score (nSPS) is 10.9. The fraction of sp³-hybridized carbons (Fsp3) is 0.0455. The van der Waals surface area contributed by atoms with E-state index in [2.05, 4.69) is 42.2 Å². The molecule has 1 N–H and O–H groups in total. The third-order valence-electron chi connectivity index (χ3n) is 4.38. The van der Waals surface area contributed by atoms with Crippen LogP contribution in [0.4, 0.5) is 10.1 Å². The summed E-state index contributed by atoms with van der Waals surface area (Å²) < 4.78 is 17.3. The quantitative estimate of drug-likeness (QED) is 0.247. The molecular weight excluding hydrogens is 549 g/mol. The minimum absolute atomic E-state index is 0.0122. The minimum Gasteiger partial charge on any atom is -0.324 e. The van der Waals surface area contributed by atoms with Crippen molar-refractivity contribution in [2.45, 2.75) is 5.16 Å².